The topological polar surface area (TPSA) is 82.7 Å². The molecule has 112 valence electrons. The third-order valence-corrected chi connectivity index (χ3v) is 3.40. The van der Waals surface area contributed by atoms with Crippen molar-refractivity contribution in [2.75, 3.05) is 19.0 Å². The van der Waals surface area contributed by atoms with Crippen LogP contribution in [0.25, 0.3) is 21.9 Å². The van der Waals surface area contributed by atoms with Crippen LogP contribution in [0.3, 0.4) is 0 Å². The Morgan fingerprint density at radius 1 is 1.32 bits per heavy atom. The summed E-state index contributed by atoms with van der Waals surface area (Å²) in [5.41, 5.74) is 0.865. The summed E-state index contributed by atoms with van der Waals surface area (Å²) in [6, 6.07) is 8.72. The third kappa shape index (κ3) is 2.18. The summed E-state index contributed by atoms with van der Waals surface area (Å²) >= 11 is 0. The number of hydrogen-bond donors (Lipinski definition) is 1. The van der Waals surface area contributed by atoms with Gasteiger partial charge in [-0.1, -0.05) is 12.1 Å². The van der Waals surface area contributed by atoms with Gasteiger partial charge < -0.3 is 9.15 Å². The first-order valence-corrected chi connectivity index (χ1v) is 6.92. The monoisotopic (exact) mass is 299 g/mol. The van der Waals surface area contributed by atoms with Crippen LogP contribution in [0.5, 0.6) is 0 Å². The highest BCUT2D eigenvalue weighted by molar-refractivity contribution is 6.03. The third-order valence-electron chi connectivity index (χ3n) is 3.40. The predicted octanol–water partition coefficient (Wildman–Crippen LogP) is 1.98. The largest absolute Gasteiger partial charge is 0.462 e. The molecule has 1 aromatic carbocycles. The standard InChI is InChI=1S/C16H14N2O4/c1-3-21-15(19)11-8-10-13(18-14(11)17-2)9-6-4-5-7-12(9)22-16(10)20/h4-8H,3H2,1-2H3,(H,17,18)/p+1. The van der Waals surface area contributed by atoms with Crippen molar-refractivity contribution in [2.45, 2.75) is 6.92 Å². The van der Waals surface area contributed by atoms with Gasteiger partial charge in [0.1, 0.15) is 16.5 Å². The van der Waals surface area contributed by atoms with Gasteiger partial charge in [0.15, 0.2) is 5.52 Å². The van der Waals surface area contributed by atoms with Gasteiger partial charge in [-0.05, 0) is 25.1 Å². The van der Waals surface area contributed by atoms with Gasteiger partial charge >= 0.3 is 11.6 Å². The molecule has 22 heavy (non-hydrogen) atoms. The number of aromatic amines is 1. The molecular formula is C16H15N2O4+. The van der Waals surface area contributed by atoms with E-state index in [9.17, 15) is 9.59 Å². The quantitative estimate of drug-likeness (QED) is 0.454. The Hall–Kier alpha value is -2.89. The molecule has 0 fully saturated rings. The summed E-state index contributed by atoms with van der Waals surface area (Å²) in [5.74, 6) is -0.0146. The van der Waals surface area contributed by atoms with Crippen LogP contribution >= 0.6 is 0 Å². The maximum Gasteiger partial charge on any atom is 0.347 e. The van der Waals surface area contributed by atoms with Crippen LogP contribution in [-0.2, 0) is 4.74 Å². The average molecular weight is 299 g/mol. The Morgan fingerprint density at radius 3 is 2.82 bits per heavy atom. The fraction of sp³-hybridized carbons (Fsp3) is 0.188. The van der Waals surface area contributed by atoms with Crippen LogP contribution in [0.1, 0.15) is 17.3 Å². The van der Waals surface area contributed by atoms with Crippen LogP contribution in [-0.4, -0.2) is 19.6 Å². The minimum absolute atomic E-state index is 0.256. The molecule has 0 aliphatic carbocycles. The highest BCUT2D eigenvalue weighted by Crippen LogP contribution is 2.22. The van der Waals surface area contributed by atoms with Crippen molar-refractivity contribution >= 4 is 33.7 Å². The number of carbonyl (C=O) groups excluding carboxylic acids is 1. The molecule has 0 spiro atoms. The molecule has 0 radical (unpaired) electrons. The molecule has 0 aliphatic heterocycles. The van der Waals surface area contributed by atoms with Gasteiger partial charge in [0.05, 0.1) is 19.0 Å². The first-order valence-electron chi connectivity index (χ1n) is 6.92. The lowest BCUT2D eigenvalue weighted by atomic mass is 10.1. The van der Waals surface area contributed by atoms with Gasteiger partial charge in [0.25, 0.3) is 5.82 Å². The van der Waals surface area contributed by atoms with Gasteiger partial charge in [-0.3, -0.25) is 5.32 Å². The van der Waals surface area contributed by atoms with E-state index in [-0.39, 0.29) is 12.2 Å². The fourth-order valence-electron chi connectivity index (χ4n) is 2.41. The SMILES string of the molecule is CCOC(=O)c1cc2c(=O)oc3ccccc3c2[nH+]c1NC. The summed E-state index contributed by atoms with van der Waals surface area (Å²) in [6.45, 7) is 1.98. The Balaban J connectivity index is 2.39. The summed E-state index contributed by atoms with van der Waals surface area (Å²) in [7, 11) is 1.69. The Morgan fingerprint density at radius 2 is 2.09 bits per heavy atom. The second-order valence-corrected chi connectivity index (χ2v) is 4.70. The molecule has 6 heteroatoms. The lowest BCUT2D eigenvalue weighted by molar-refractivity contribution is -0.326. The van der Waals surface area contributed by atoms with E-state index in [1.165, 1.54) is 6.07 Å². The number of rotatable bonds is 3. The van der Waals surface area contributed by atoms with E-state index in [2.05, 4.69) is 10.3 Å². The van der Waals surface area contributed by atoms with Gasteiger partial charge in [-0.15, -0.1) is 0 Å². The number of nitrogens with one attached hydrogen (secondary N) is 2. The summed E-state index contributed by atoms with van der Waals surface area (Å²) in [5, 5.41) is 4.00. The number of benzene rings is 1. The van der Waals surface area contributed by atoms with Gasteiger partial charge in [-0.2, -0.15) is 0 Å². The predicted molar refractivity (Wildman–Crippen MR) is 82.0 cm³/mol. The lowest BCUT2D eigenvalue weighted by Gasteiger charge is -2.06. The molecule has 2 heterocycles. The molecule has 3 rings (SSSR count). The van der Waals surface area contributed by atoms with E-state index in [1.54, 1.807) is 26.1 Å². The van der Waals surface area contributed by atoms with Crippen molar-refractivity contribution in [3.05, 3.63) is 46.3 Å². The van der Waals surface area contributed by atoms with Crippen LogP contribution < -0.4 is 15.9 Å². The van der Waals surface area contributed by atoms with Gasteiger partial charge in [-0.25, -0.2) is 14.6 Å². The number of esters is 1. The highest BCUT2D eigenvalue weighted by Gasteiger charge is 2.22. The van der Waals surface area contributed by atoms with Gasteiger partial charge in [0, 0.05) is 0 Å². The molecule has 2 aromatic heterocycles. The molecular weight excluding hydrogens is 284 g/mol. The van der Waals surface area contributed by atoms with Crippen LogP contribution in [0.2, 0.25) is 0 Å². The summed E-state index contributed by atoms with van der Waals surface area (Å²) < 4.78 is 10.3. The van der Waals surface area contributed by atoms with E-state index < -0.39 is 11.6 Å². The van der Waals surface area contributed by atoms with Crippen LogP contribution in [0, 0.1) is 0 Å². The van der Waals surface area contributed by atoms with E-state index in [0.717, 1.165) is 5.39 Å². The van der Waals surface area contributed by atoms with Crippen LogP contribution in [0.15, 0.2) is 39.5 Å². The smallest absolute Gasteiger partial charge is 0.347 e. The maximum atomic E-state index is 12.2. The first kappa shape index (κ1) is 14.1. The molecule has 2 N–H and O–H groups in total. The van der Waals surface area contributed by atoms with Crippen molar-refractivity contribution in [1.82, 2.24) is 0 Å². The van der Waals surface area contributed by atoms with E-state index in [4.69, 9.17) is 9.15 Å². The number of pyridine rings is 1. The molecule has 0 bridgehead atoms. The number of ether oxygens (including phenoxy) is 1. The van der Waals surface area contributed by atoms with Crippen molar-refractivity contribution in [1.29, 1.82) is 0 Å². The van der Waals surface area contributed by atoms with Crippen molar-refractivity contribution in [2.24, 2.45) is 0 Å². The second kappa shape index (κ2) is 5.48. The molecule has 3 aromatic rings. The van der Waals surface area contributed by atoms with Gasteiger partial charge in [0.2, 0.25) is 0 Å². The Labute approximate surface area is 125 Å². The number of aromatic nitrogens is 1. The highest BCUT2D eigenvalue weighted by atomic mass is 16.5. The average Bonchev–Trinajstić information content (AvgIpc) is 2.54. The fourth-order valence-corrected chi connectivity index (χ4v) is 2.41. The number of anilines is 1. The normalized spacial score (nSPS) is 10.8. The van der Waals surface area contributed by atoms with E-state index in [0.29, 0.717) is 22.3 Å². The van der Waals surface area contributed by atoms with Crippen molar-refractivity contribution in [3.63, 3.8) is 0 Å². The zero-order chi connectivity index (χ0) is 15.7. The molecule has 0 amide bonds. The number of para-hydroxylation sites is 1. The van der Waals surface area contributed by atoms with Crippen molar-refractivity contribution < 1.29 is 18.9 Å². The zero-order valence-corrected chi connectivity index (χ0v) is 12.2. The number of fused-ring (bicyclic) bond motifs is 3. The summed E-state index contributed by atoms with van der Waals surface area (Å²) in [4.78, 5) is 27.3. The lowest BCUT2D eigenvalue weighted by Crippen LogP contribution is -2.21. The van der Waals surface area contributed by atoms with E-state index in [1.807, 2.05) is 12.1 Å². The molecule has 0 atom stereocenters. The molecule has 6 nitrogen and oxygen atoms in total. The van der Waals surface area contributed by atoms with E-state index >= 15 is 0 Å². The molecule has 0 saturated heterocycles. The first-order chi connectivity index (χ1) is 10.7. The minimum atomic E-state index is -0.502. The number of carbonyl (C=O) groups is 1. The molecule has 0 saturated carbocycles. The Kier molecular flexibility index (Phi) is 3.50. The molecule has 0 aliphatic rings. The minimum Gasteiger partial charge on any atom is -0.462 e. The Bertz CT molecular complexity index is 930. The number of hydrogen-bond acceptors (Lipinski definition) is 5. The molecule has 0 unspecified atom stereocenters. The second-order valence-electron chi connectivity index (χ2n) is 4.70. The van der Waals surface area contributed by atoms with Crippen LogP contribution in [0.4, 0.5) is 5.82 Å². The zero-order valence-electron chi connectivity index (χ0n) is 12.2. The summed E-state index contributed by atoms with van der Waals surface area (Å²) in [6.07, 6.45) is 0. The van der Waals surface area contributed by atoms with Crippen molar-refractivity contribution in [3.8, 4) is 0 Å². The maximum absolute atomic E-state index is 12.2. The number of H-pyrrole nitrogens is 1.